The number of nitrogens with one attached hydrogen (secondary N) is 1. The summed E-state index contributed by atoms with van der Waals surface area (Å²) < 4.78 is 5.32. The summed E-state index contributed by atoms with van der Waals surface area (Å²) in [6.07, 6.45) is 3.68. The molecule has 0 unspecified atom stereocenters. The van der Waals surface area contributed by atoms with E-state index in [1.165, 1.54) is 0 Å². The van der Waals surface area contributed by atoms with Gasteiger partial charge in [0.25, 0.3) is 0 Å². The first-order valence-corrected chi connectivity index (χ1v) is 7.07. The van der Waals surface area contributed by atoms with E-state index in [0.29, 0.717) is 12.3 Å². The fraction of sp³-hybridized carbons (Fsp3) is 0.933. The van der Waals surface area contributed by atoms with Gasteiger partial charge in [-0.3, -0.25) is 4.79 Å². The van der Waals surface area contributed by atoms with Gasteiger partial charge in [-0.05, 0) is 44.4 Å². The van der Waals surface area contributed by atoms with Crippen molar-refractivity contribution in [3.8, 4) is 0 Å². The molecule has 1 aliphatic heterocycles. The highest BCUT2D eigenvalue weighted by Crippen LogP contribution is 2.27. The number of carbonyl (C=O) groups is 1. The van der Waals surface area contributed by atoms with E-state index in [-0.39, 0.29) is 16.9 Å². The maximum atomic E-state index is 12.1. The second kappa shape index (κ2) is 6.05. The fourth-order valence-electron chi connectivity index (χ4n) is 3.01. The molecule has 106 valence electrons. The summed E-state index contributed by atoms with van der Waals surface area (Å²) in [6, 6.07) is 0. The monoisotopic (exact) mass is 255 g/mol. The van der Waals surface area contributed by atoms with Gasteiger partial charge in [-0.1, -0.05) is 20.8 Å². The molecular weight excluding hydrogens is 226 g/mol. The maximum absolute atomic E-state index is 12.1. The van der Waals surface area contributed by atoms with Crippen LogP contribution < -0.4 is 5.32 Å². The zero-order chi connectivity index (χ0) is 13.8. The minimum absolute atomic E-state index is 0.125. The van der Waals surface area contributed by atoms with E-state index in [9.17, 15) is 4.79 Å². The van der Waals surface area contributed by atoms with Crippen LogP contribution in [0, 0.1) is 11.3 Å². The van der Waals surface area contributed by atoms with Gasteiger partial charge in [0.1, 0.15) is 0 Å². The van der Waals surface area contributed by atoms with Gasteiger partial charge in [-0.25, -0.2) is 0 Å². The Morgan fingerprint density at radius 1 is 1.17 bits per heavy atom. The van der Waals surface area contributed by atoms with E-state index < -0.39 is 0 Å². The van der Waals surface area contributed by atoms with Crippen LogP contribution in [-0.4, -0.2) is 24.7 Å². The van der Waals surface area contributed by atoms with E-state index in [2.05, 4.69) is 39.9 Å². The molecule has 0 atom stereocenters. The predicted molar refractivity (Wildman–Crippen MR) is 74.5 cm³/mol. The molecule has 0 aliphatic carbocycles. The summed E-state index contributed by atoms with van der Waals surface area (Å²) in [7, 11) is 0. The zero-order valence-corrected chi connectivity index (χ0v) is 12.6. The topological polar surface area (TPSA) is 38.3 Å². The van der Waals surface area contributed by atoms with E-state index in [4.69, 9.17) is 4.74 Å². The maximum Gasteiger partial charge on any atom is 0.220 e. The second-order valence-corrected chi connectivity index (χ2v) is 7.43. The van der Waals surface area contributed by atoms with E-state index in [0.717, 1.165) is 32.5 Å². The van der Waals surface area contributed by atoms with Gasteiger partial charge < -0.3 is 10.1 Å². The number of hydrogen-bond acceptors (Lipinski definition) is 2. The highest BCUT2D eigenvalue weighted by Gasteiger charge is 2.28. The van der Waals surface area contributed by atoms with Crippen molar-refractivity contribution in [1.82, 2.24) is 5.32 Å². The van der Waals surface area contributed by atoms with Crippen molar-refractivity contribution in [2.45, 2.75) is 65.8 Å². The van der Waals surface area contributed by atoms with Crippen LogP contribution in [0.5, 0.6) is 0 Å². The smallest absolute Gasteiger partial charge is 0.220 e. The number of hydrogen-bond donors (Lipinski definition) is 1. The third-order valence-corrected chi connectivity index (χ3v) is 3.27. The van der Waals surface area contributed by atoms with E-state index in [1.807, 2.05) is 0 Å². The highest BCUT2D eigenvalue weighted by molar-refractivity contribution is 5.76. The molecule has 0 aromatic rings. The molecule has 0 saturated carbocycles. The summed E-state index contributed by atoms with van der Waals surface area (Å²) in [5.41, 5.74) is 0.107. The lowest BCUT2D eigenvalue weighted by Gasteiger charge is -2.34. The third-order valence-electron chi connectivity index (χ3n) is 3.27. The van der Waals surface area contributed by atoms with Crippen LogP contribution >= 0.6 is 0 Å². The summed E-state index contributed by atoms with van der Waals surface area (Å²) in [5.74, 6) is 0.695. The van der Waals surface area contributed by atoms with Crippen molar-refractivity contribution >= 4 is 5.91 Å². The second-order valence-electron chi connectivity index (χ2n) is 7.43. The average Bonchev–Trinajstić information content (AvgIpc) is 2.13. The highest BCUT2D eigenvalue weighted by atomic mass is 16.5. The number of carbonyl (C=O) groups excluding carboxylic acids is 1. The van der Waals surface area contributed by atoms with Crippen molar-refractivity contribution in [1.29, 1.82) is 0 Å². The van der Waals surface area contributed by atoms with Gasteiger partial charge in [-0.2, -0.15) is 0 Å². The molecule has 0 spiro atoms. The Balaban J connectivity index is 2.38. The number of ether oxygens (including phenoxy) is 1. The molecule has 0 aromatic carbocycles. The molecule has 18 heavy (non-hydrogen) atoms. The van der Waals surface area contributed by atoms with Gasteiger partial charge in [0, 0.05) is 25.2 Å². The number of rotatable bonds is 4. The third kappa shape index (κ3) is 6.39. The van der Waals surface area contributed by atoms with Gasteiger partial charge in [0.2, 0.25) is 5.91 Å². The van der Waals surface area contributed by atoms with E-state index >= 15 is 0 Å². The van der Waals surface area contributed by atoms with Gasteiger partial charge in [-0.15, -0.1) is 0 Å². The van der Waals surface area contributed by atoms with Crippen LogP contribution in [-0.2, 0) is 9.53 Å². The van der Waals surface area contributed by atoms with Crippen LogP contribution in [0.1, 0.15) is 60.3 Å². The molecule has 1 N–H and O–H groups in total. The summed E-state index contributed by atoms with van der Waals surface area (Å²) in [4.78, 5) is 12.1. The summed E-state index contributed by atoms with van der Waals surface area (Å²) in [6.45, 7) is 12.5. The fourth-order valence-corrected chi connectivity index (χ4v) is 3.01. The molecule has 1 aliphatic rings. The first-order valence-electron chi connectivity index (χ1n) is 7.07. The SMILES string of the molecule is CC(C)(C)CC(C)(C)NC(=O)CC1CCOCC1. The molecular formula is C15H29NO2. The lowest BCUT2D eigenvalue weighted by Crippen LogP contribution is -2.46. The van der Waals surface area contributed by atoms with Crippen LogP contribution in [0.25, 0.3) is 0 Å². The van der Waals surface area contributed by atoms with Crippen molar-refractivity contribution in [3.63, 3.8) is 0 Å². The Hall–Kier alpha value is -0.570. The largest absolute Gasteiger partial charge is 0.381 e. The van der Waals surface area contributed by atoms with Gasteiger partial charge >= 0.3 is 0 Å². The molecule has 1 rings (SSSR count). The van der Waals surface area contributed by atoms with E-state index in [1.54, 1.807) is 0 Å². The van der Waals surface area contributed by atoms with Crippen LogP contribution in [0.3, 0.4) is 0 Å². The molecule has 1 saturated heterocycles. The first-order chi connectivity index (χ1) is 8.18. The Morgan fingerprint density at radius 2 is 1.72 bits per heavy atom. The molecule has 3 nitrogen and oxygen atoms in total. The molecule has 3 heteroatoms. The standard InChI is InChI=1S/C15H29NO2/c1-14(2,3)11-15(4,5)16-13(17)10-12-6-8-18-9-7-12/h12H,6-11H2,1-5H3,(H,16,17). The minimum atomic E-state index is -0.125. The predicted octanol–water partition coefficient (Wildman–Crippen LogP) is 3.13. The van der Waals surface area contributed by atoms with Crippen LogP contribution in [0.2, 0.25) is 0 Å². The molecule has 0 radical (unpaired) electrons. The zero-order valence-electron chi connectivity index (χ0n) is 12.6. The lowest BCUT2D eigenvalue weighted by atomic mass is 9.81. The van der Waals surface area contributed by atoms with Crippen molar-refractivity contribution in [3.05, 3.63) is 0 Å². The number of amides is 1. The molecule has 1 fully saturated rings. The molecule has 1 amide bonds. The Bertz CT molecular complexity index is 273. The van der Waals surface area contributed by atoms with Crippen molar-refractivity contribution < 1.29 is 9.53 Å². The summed E-state index contributed by atoms with van der Waals surface area (Å²) in [5, 5.41) is 3.18. The summed E-state index contributed by atoms with van der Waals surface area (Å²) >= 11 is 0. The molecule has 0 aromatic heterocycles. The van der Waals surface area contributed by atoms with Gasteiger partial charge in [0.15, 0.2) is 0 Å². The molecule has 0 bridgehead atoms. The van der Waals surface area contributed by atoms with Crippen molar-refractivity contribution in [2.75, 3.05) is 13.2 Å². The molecule has 1 heterocycles. The first kappa shape index (κ1) is 15.5. The average molecular weight is 255 g/mol. The van der Waals surface area contributed by atoms with Crippen molar-refractivity contribution in [2.24, 2.45) is 11.3 Å². The van der Waals surface area contributed by atoms with Crippen LogP contribution in [0.15, 0.2) is 0 Å². The Morgan fingerprint density at radius 3 is 2.22 bits per heavy atom. The van der Waals surface area contributed by atoms with Gasteiger partial charge in [0.05, 0.1) is 0 Å². The van der Waals surface area contributed by atoms with Crippen LogP contribution in [0.4, 0.5) is 0 Å². The lowest BCUT2D eigenvalue weighted by molar-refractivity contribution is -0.124. The normalized spacial score (nSPS) is 18.7. The quantitative estimate of drug-likeness (QED) is 0.838. The Kier molecular flexibility index (Phi) is 5.20. The minimum Gasteiger partial charge on any atom is -0.381 e. The Labute approximate surface area is 112 Å².